The summed E-state index contributed by atoms with van der Waals surface area (Å²) in [6, 6.07) is 3.25. The summed E-state index contributed by atoms with van der Waals surface area (Å²) < 4.78 is 44.2. The monoisotopic (exact) mass is 460 g/mol. The third kappa shape index (κ3) is 9.36. The number of rotatable bonds is 14. The summed E-state index contributed by atoms with van der Waals surface area (Å²) in [5, 5.41) is 11.8. The molecule has 3 N–H and O–H groups in total. The zero-order valence-corrected chi connectivity index (χ0v) is 19.5. The normalized spacial score (nSPS) is 20.1. The van der Waals surface area contributed by atoms with E-state index >= 15 is 0 Å². The Morgan fingerprint density at radius 1 is 1.13 bits per heavy atom. The van der Waals surface area contributed by atoms with Crippen LogP contribution >= 0.6 is 0 Å². The number of nitrogens with one attached hydrogen (secondary N) is 2. The number of hydrogen-bond acceptors (Lipinski definition) is 9. The van der Waals surface area contributed by atoms with Crippen molar-refractivity contribution in [1.82, 2.24) is 14.6 Å². The lowest BCUT2D eigenvalue weighted by Crippen LogP contribution is -2.46. The van der Waals surface area contributed by atoms with Crippen LogP contribution in [0.15, 0.2) is 17.0 Å². The summed E-state index contributed by atoms with van der Waals surface area (Å²) in [7, 11) is -3.73. The minimum atomic E-state index is -3.73. The summed E-state index contributed by atoms with van der Waals surface area (Å²) in [5.74, 6) is 0.347. The van der Waals surface area contributed by atoms with E-state index in [2.05, 4.69) is 33.8 Å². The zero-order valence-electron chi connectivity index (χ0n) is 18.7. The first-order valence-electron chi connectivity index (χ1n) is 10.7. The van der Waals surface area contributed by atoms with E-state index in [0.29, 0.717) is 25.6 Å². The van der Waals surface area contributed by atoms with Crippen LogP contribution in [0.2, 0.25) is 0 Å². The van der Waals surface area contributed by atoms with Gasteiger partial charge in [-0.05, 0) is 32.9 Å². The maximum Gasteiger partial charge on any atom is 0.244 e. The molecule has 0 saturated carbocycles. The smallest absolute Gasteiger partial charge is 0.244 e. The van der Waals surface area contributed by atoms with Gasteiger partial charge in [0.2, 0.25) is 10.0 Å². The highest BCUT2D eigenvalue weighted by molar-refractivity contribution is 7.89. The molecule has 178 valence electrons. The van der Waals surface area contributed by atoms with Crippen molar-refractivity contribution >= 4 is 15.8 Å². The number of aliphatic hydroxyl groups excluding tert-OH is 1. The Morgan fingerprint density at radius 3 is 2.48 bits per heavy atom. The molecular formula is C20H36N4O6S. The van der Waals surface area contributed by atoms with Crippen molar-refractivity contribution in [2.24, 2.45) is 0 Å². The predicted octanol–water partition coefficient (Wildman–Crippen LogP) is 0.215. The molecule has 1 aromatic heterocycles. The molecule has 0 aromatic carbocycles. The summed E-state index contributed by atoms with van der Waals surface area (Å²) in [5.41, 5.74) is 0.737. The standard InChI is InChI=1S/C20H36N4O6S/c1-16-4-5-19(31(26,27)22-7-10-28-12-13-29-11-9-25)20(23-16)21-6-8-24-14-17(2)30-18(3)15-24/h4-5,17-18,22,25H,6-15H2,1-3H3,(H,21,23)/t17-,18+. The van der Waals surface area contributed by atoms with Gasteiger partial charge in [-0.3, -0.25) is 4.90 Å². The lowest BCUT2D eigenvalue weighted by Gasteiger charge is -2.35. The van der Waals surface area contributed by atoms with E-state index in [1.165, 1.54) is 0 Å². The van der Waals surface area contributed by atoms with Crippen molar-refractivity contribution in [3.8, 4) is 0 Å². The molecule has 2 rings (SSSR count). The number of aromatic nitrogens is 1. The minimum absolute atomic E-state index is 0.0363. The maximum atomic E-state index is 12.8. The van der Waals surface area contributed by atoms with Gasteiger partial charge < -0.3 is 24.6 Å². The third-order valence-electron chi connectivity index (χ3n) is 4.65. The van der Waals surface area contributed by atoms with Crippen LogP contribution in [-0.2, 0) is 24.2 Å². The van der Waals surface area contributed by atoms with Crippen molar-refractivity contribution in [3.63, 3.8) is 0 Å². The second-order valence-electron chi connectivity index (χ2n) is 7.59. The molecule has 1 saturated heterocycles. The van der Waals surface area contributed by atoms with Crippen LogP contribution in [0.4, 0.5) is 5.82 Å². The van der Waals surface area contributed by atoms with Gasteiger partial charge in [-0.1, -0.05) is 0 Å². The van der Waals surface area contributed by atoms with Crippen LogP contribution in [-0.4, -0.2) is 101 Å². The average molecular weight is 461 g/mol. The molecule has 11 heteroatoms. The Morgan fingerprint density at radius 2 is 1.81 bits per heavy atom. The fraction of sp³-hybridized carbons (Fsp3) is 0.750. The Kier molecular flexibility index (Phi) is 11.1. The summed E-state index contributed by atoms with van der Waals surface area (Å²) in [6.45, 7) is 10.3. The van der Waals surface area contributed by atoms with E-state index < -0.39 is 10.0 Å². The number of aryl methyl sites for hydroxylation is 1. The lowest BCUT2D eigenvalue weighted by molar-refractivity contribution is -0.0667. The number of ether oxygens (including phenoxy) is 3. The molecule has 1 aliphatic rings. The van der Waals surface area contributed by atoms with Crippen molar-refractivity contribution < 1.29 is 27.7 Å². The highest BCUT2D eigenvalue weighted by atomic mass is 32.2. The molecule has 1 fully saturated rings. The van der Waals surface area contributed by atoms with Crippen LogP contribution in [0.1, 0.15) is 19.5 Å². The van der Waals surface area contributed by atoms with E-state index in [1.54, 1.807) is 12.1 Å². The van der Waals surface area contributed by atoms with E-state index in [4.69, 9.17) is 19.3 Å². The number of hydrogen-bond donors (Lipinski definition) is 3. The first-order valence-corrected chi connectivity index (χ1v) is 12.2. The van der Waals surface area contributed by atoms with Gasteiger partial charge in [0, 0.05) is 38.4 Å². The fourth-order valence-electron chi connectivity index (χ4n) is 3.40. The number of aliphatic hydroxyl groups is 1. The molecule has 0 bridgehead atoms. The molecule has 1 aliphatic heterocycles. The van der Waals surface area contributed by atoms with Gasteiger partial charge in [-0.25, -0.2) is 18.1 Å². The molecule has 0 spiro atoms. The summed E-state index contributed by atoms with van der Waals surface area (Å²) in [4.78, 5) is 6.82. The quantitative estimate of drug-likeness (QED) is 0.335. The van der Waals surface area contributed by atoms with E-state index in [0.717, 1.165) is 25.3 Å². The van der Waals surface area contributed by atoms with Crippen molar-refractivity contribution in [2.75, 3.05) is 71.1 Å². The van der Waals surface area contributed by atoms with Crippen molar-refractivity contribution in [1.29, 1.82) is 0 Å². The first-order chi connectivity index (χ1) is 14.8. The van der Waals surface area contributed by atoms with E-state index in [9.17, 15) is 8.42 Å². The molecule has 0 aliphatic carbocycles. The van der Waals surface area contributed by atoms with Gasteiger partial charge in [-0.15, -0.1) is 0 Å². The molecule has 1 aromatic rings. The molecule has 0 radical (unpaired) electrons. The Balaban J connectivity index is 1.84. The van der Waals surface area contributed by atoms with Crippen molar-refractivity contribution in [2.45, 2.75) is 37.9 Å². The number of morpholine rings is 1. The third-order valence-corrected chi connectivity index (χ3v) is 6.14. The van der Waals surface area contributed by atoms with E-state index in [1.807, 2.05) is 6.92 Å². The SMILES string of the molecule is Cc1ccc(S(=O)(=O)NCCOCCOCCO)c(NCCN2C[C@@H](C)O[C@@H](C)C2)n1. The van der Waals surface area contributed by atoms with Gasteiger partial charge in [0.1, 0.15) is 10.7 Å². The second kappa shape index (κ2) is 13.3. The van der Waals surface area contributed by atoms with Crippen molar-refractivity contribution in [3.05, 3.63) is 17.8 Å². The lowest BCUT2D eigenvalue weighted by atomic mass is 10.2. The molecular weight excluding hydrogens is 424 g/mol. The van der Waals surface area contributed by atoms with Gasteiger partial charge in [0.15, 0.2) is 0 Å². The molecule has 0 unspecified atom stereocenters. The van der Waals surface area contributed by atoms with Gasteiger partial charge in [-0.2, -0.15) is 0 Å². The average Bonchev–Trinajstić information content (AvgIpc) is 2.69. The number of anilines is 1. The van der Waals surface area contributed by atoms with Crippen LogP contribution in [0.3, 0.4) is 0 Å². The maximum absolute atomic E-state index is 12.8. The molecule has 2 atom stereocenters. The first kappa shape index (κ1) is 25.9. The topological polar surface area (TPSA) is 122 Å². The Labute approximate surface area is 185 Å². The number of nitrogens with zero attached hydrogens (tertiary/aromatic N) is 2. The molecule has 0 amide bonds. The van der Waals surface area contributed by atoms with Crippen LogP contribution in [0.5, 0.6) is 0 Å². The number of sulfonamides is 1. The molecule has 2 heterocycles. The van der Waals surface area contributed by atoms with Gasteiger partial charge in [0.25, 0.3) is 0 Å². The largest absolute Gasteiger partial charge is 0.394 e. The van der Waals surface area contributed by atoms with Crippen LogP contribution < -0.4 is 10.0 Å². The summed E-state index contributed by atoms with van der Waals surface area (Å²) in [6.07, 6.45) is 0.369. The second-order valence-corrected chi connectivity index (χ2v) is 9.32. The minimum Gasteiger partial charge on any atom is -0.394 e. The Bertz CT molecular complexity index is 754. The van der Waals surface area contributed by atoms with Gasteiger partial charge >= 0.3 is 0 Å². The zero-order chi connectivity index (χ0) is 22.7. The van der Waals surface area contributed by atoms with Gasteiger partial charge in [0.05, 0.1) is 45.2 Å². The molecule has 31 heavy (non-hydrogen) atoms. The van der Waals surface area contributed by atoms with E-state index in [-0.39, 0.29) is 43.5 Å². The Hall–Kier alpha value is -1.34. The van der Waals surface area contributed by atoms with Crippen LogP contribution in [0.25, 0.3) is 0 Å². The number of pyridine rings is 1. The highest BCUT2D eigenvalue weighted by Gasteiger charge is 2.23. The van der Waals surface area contributed by atoms with Crippen LogP contribution in [0, 0.1) is 6.92 Å². The fourth-order valence-corrected chi connectivity index (χ4v) is 4.53. The summed E-state index contributed by atoms with van der Waals surface area (Å²) >= 11 is 0. The highest BCUT2D eigenvalue weighted by Crippen LogP contribution is 2.19. The molecule has 10 nitrogen and oxygen atoms in total. The predicted molar refractivity (Wildman–Crippen MR) is 118 cm³/mol.